The number of hydrogen-bond acceptors (Lipinski definition) is 6. The lowest BCUT2D eigenvalue weighted by Crippen LogP contribution is -2.20. The van der Waals surface area contributed by atoms with Crippen molar-refractivity contribution in [3.63, 3.8) is 0 Å². The minimum Gasteiger partial charge on any atom is -0.490 e. The Hall–Kier alpha value is -4.59. The van der Waals surface area contributed by atoms with E-state index in [0.717, 1.165) is 10.9 Å². The van der Waals surface area contributed by atoms with Crippen molar-refractivity contribution < 1.29 is 13.9 Å². The number of aromatic nitrogens is 2. The molecule has 6 rings (SSSR count). The number of ether oxygens (including phenoxy) is 2. The largest absolute Gasteiger partial charge is 0.490 e. The van der Waals surface area contributed by atoms with Crippen molar-refractivity contribution in [2.24, 2.45) is 5.10 Å². The van der Waals surface area contributed by atoms with Crippen LogP contribution in [0.15, 0.2) is 105 Å². The summed E-state index contributed by atoms with van der Waals surface area (Å²) in [4.78, 5) is 18.3. The van der Waals surface area contributed by atoms with Crippen molar-refractivity contribution in [2.75, 3.05) is 6.61 Å². The summed E-state index contributed by atoms with van der Waals surface area (Å²) in [6, 6.07) is 27.3. The average Bonchev–Trinajstić information content (AvgIpc) is 3.41. The molecule has 0 saturated heterocycles. The first-order chi connectivity index (χ1) is 20.0. The number of nitrogens with zero attached hydrogens (tertiary/aromatic N) is 3. The number of fused-ring (bicyclic) bond motifs is 2. The zero-order valence-electron chi connectivity index (χ0n) is 21.9. The van der Waals surface area contributed by atoms with Crippen molar-refractivity contribution in [2.45, 2.75) is 13.5 Å². The van der Waals surface area contributed by atoms with Crippen LogP contribution in [0.25, 0.3) is 33.5 Å². The summed E-state index contributed by atoms with van der Waals surface area (Å²) in [6.45, 7) is 2.56. The van der Waals surface area contributed by atoms with Gasteiger partial charge in [-0.05, 0) is 67.1 Å². The van der Waals surface area contributed by atoms with Crippen molar-refractivity contribution in [1.82, 2.24) is 9.66 Å². The van der Waals surface area contributed by atoms with E-state index in [-0.39, 0.29) is 12.2 Å². The molecule has 2 aromatic heterocycles. The van der Waals surface area contributed by atoms with Gasteiger partial charge in [-0.2, -0.15) is 9.78 Å². The monoisotopic (exact) mass is 583 g/mol. The molecule has 0 aliphatic rings. The van der Waals surface area contributed by atoms with Gasteiger partial charge < -0.3 is 13.9 Å². The second-order valence-corrected chi connectivity index (χ2v) is 9.97. The standard InChI is InChI=1S/C32H23Cl2N3O4/c1-2-39-29-15-20(11-14-28(29)40-19-22-12-13-23(33)17-25(22)34)18-35-37-31(30-16-21-7-3-6-10-27(21)41-30)36-26-9-5-4-8-24(26)32(37)38/h3-18H,2,19H2,1H3. The van der Waals surface area contributed by atoms with Crippen LogP contribution in [0.5, 0.6) is 11.5 Å². The van der Waals surface area contributed by atoms with Gasteiger partial charge in [0.15, 0.2) is 17.3 Å². The predicted molar refractivity (Wildman–Crippen MR) is 163 cm³/mol. The molecule has 9 heteroatoms. The zero-order chi connectivity index (χ0) is 28.3. The van der Waals surface area contributed by atoms with Crippen LogP contribution in [0.2, 0.25) is 10.0 Å². The van der Waals surface area contributed by atoms with E-state index in [0.29, 0.717) is 61.8 Å². The molecule has 0 N–H and O–H groups in total. The second-order valence-electron chi connectivity index (χ2n) is 9.13. The smallest absolute Gasteiger partial charge is 0.282 e. The van der Waals surface area contributed by atoms with Gasteiger partial charge in [-0.1, -0.05) is 59.6 Å². The minimum absolute atomic E-state index is 0.239. The Morgan fingerprint density at radius 1 is 0.927 bits per heavy atom. The van der Waals surface area contributed by atoms with Gasteiger partial charge in [-0.15, -0.1) is 0 Å². The van der Waals surface area contributed by atoms with E-state index >= 15 is 0 Å². The minimum atomic E-state index is -0.313. The summed E-state index contributed by atoms with van der Waals surface area (Å²) in [7, 11) is 0. The average molecular weight is 584 g/mol. The molecule has 0 amide bonds. The Labute approximate surface area is 245 Å². The lowest BCUT2D eigenvalue weighted by Gasteiger charge is -2.13. The maximum absolute atomic E-state index is 13.6. The molecular weight excluding hydrogens is 561 g/mol. The summed E-state index contributed by atoms with van der Waals surface area (Å²) in [6.07, 6.45) is 1.58. The molecule has 0 aliphatic carbocycles. The van der Waals surface area contributed by atoms with Gasteiger partial charge in [-0.3, -0.25) is 4.79 Å². The SMILES string of the molecule is CCOc1cc(C=Nn2c(-c3cc4ccccc4o3)nc3ccccc3c2=O)ccc1OCc1ccc(Cl)cc1Cl. The predicted octanol–water partition coefficient (Wildman–Crippen LogP) is 7.98. The molecule has 0 atom stereocenters. The molecule has 6 aromatic rings. The number of benzene rings is 4. The van der Waals surface area contributed by atoms with Crippen molar-refractivity contribution in [1.29, 1.82) is 0 Å². The van der Waals surface area contributed by atoms with Gasteiger partial charge in [0.2, 0.25) is 5.82 Å². The van der Waals surface area contributed by atoms with E-state index in [9.17, 15) is 4.79 Å². The fourth-order valence-electron chi connectivity index (χ4n) is 4.39. The molecule has 204 valence electrons. The lowest BCUT2D eigenvalue weighted by atomic mass is 10.2. The first-order valence-corrected chi connectivity index (χ1v) is 13.6. The molecule has 0 spiro atoms. The Balaban J connectivity index is 1.36. The highest BCUT2D eigenvalue weighted by atomic mass is 35.5. The third kappa shape index (κ3) is 5.55. The topological polar surface area (TPSA) is 78.9 Å². The lowest BCUT2D eigenvalue weighted by molar-refractivity contribution is 0.269. The summed E-state index contributed by atoms with van der Waals surface area (Å²) >= 11 is 12.3. The van der Waals surface area contributed by atoms with Crippen LogP contribution < -0.4 is 15.0 Å². The molecule has 0 fully saturated rings. The van der Waals surface area contributed by atoms with E-state index in [1.54, 1.807) is 48.7 Å². The number of halogens is 2. The molecule has 4 aromatic carbocycles. The van der Waals surface area contributed by atoms with Crippen LogP contribution in [-0.4, -0.2) is 22.5 Å². The quantitative estimate of drug-likeness (QED) is 0.170. The van der Waals surface area contributed by atoms with Gasteiger partial charge in [-0.25, -0.2) is 4.98 Å². The van der Waals surface area contributed by atoms with Crippen molar-refractivity contribution in [3.05, 3.63) is 123 Å². The molecule has 7 nitrogen and oxygen atoms in total. The highest BCUT2D eigenvalue weighted by Crippen LogP contribution is 2.31. The van der Waals surface area contributed by atoms with E-state index in [1.165, 1.54) is 4.68 Å². The van der Waals surface area contributed by atoms with Gasteiger partial charge >= 0.3 is 0 Å². The summed E-state index contributed by atoms with van der Waals surface area (Å²) in [5.41, 5.74) is 2.43. The first-order valence-electron chi connectivity index (χ1n) is 12.9. The maximum Gasteiger partial charge on any atom is 0.282 e. The third-order valence-electron chi connectivity index (χ3n) is 6.39. The van der Waals surface area contributed by atoms with Gasteiger partial charge in [0.1, 0.15) is 12.2 Å². The summed E-state index contributed by atoms with van der Waals surface area (Å²) < 4.78 is 19.2. The normalized spacial score (nSPS) is 11.5. The van der Waals surface area contributed by atoms with E-state index in [1.807, 2.05) is 55.5 Å². The number of para-hydroxylation sites is 2. The number of furan rings is 1. The second kappa shape index (κ2) is 11.5. The highest BCUT2D eigenvalue weighted by Gasteiger charge is 2.16. The van der Waals surface area contributed by atoms with E-state index in [4.69, 9.17) is 42.1 Å². The fraction of sp³-hybridized carbons (Fsp3) is 0.0938. The van der Waals surface area contributed by atoms with Crippen LogP contribution in [0.1, 0.15) is 18.1 Å². The van der Waals surface area contributed by atoms with Crippen molar-refractivity contribution in [3.8, 4) is 23.1 Å². The molecule has 0 radical (unpaired) electrons. The van der Waals surface area contributed by atoms with Crippen LogP contribution >= 0.6 is 23.2 Å². The third-order valence-corrected chi connectivity index (χ3v) is 6.97. The molecule has 0 unspecified atom stereocenters. The zero-order valence-corrected chi connectivity index (χ0v) is 23.4. The van der Waals surface area contributed by atoms with Crippen molar-refractivity contribution >= 4 is 51.3 Å². The number of rotatable bonds is 8. The Morgan fingerprint density at radius 2 is 1.76 bits per heavy atom. The first kappa shape index (κ1) is 26.6. The van der Waals surface area contributed by atoms with Crippen LogP contribution in [-0.2, 0) is 6.61 Å². The van der Waals surface area contributed by atoms with E-state index < -0.39 is 0 Å². The maximum atomic E-state index is 13.6. The summed E-state index contributed by atoms with van der Waals surface area (Å²) in [5, 5.41) is 6.98. The van der Waals surface area contributed by atoms with Gasteiger partial charge in [0.05, 0.1) is 23.7 Å². The van der Waals surface area contributed by atoms with Gasteiger partial charge in [0, 0.05) is 21.0 Å². The number of hydrogen-bond donors (Lipinski definition) is 0. The summed E-state index contributed by atoms with van der Waals surface area (Å²) in [5.74, 6) is 1.81. The molecule has 0 saturated carbocycles. The van der Waals surface area contributed by atoms with Crippen LogP contribution in [0.4, 0.5) is 0 Å². The molecular formula is C32H23Cl2N3O4. The Bertz CT molecular complexity index is 1950. The fourth-order valence-corrected chi connectivity index (χ4v) is 4.86. The van der Waals surface area contributed by atoms with Crippen LogP contribution in [0.3, 0.4) is 0 Å². The Kier molecular flexibility index (Phi) is 7.46. The highest BCUT2D eigenvalue weighted by molar-refractivity contribution is 6.35. The molecule has 2 heterocycles. The van der Waals surface area contributed by atoms with Crippen LogP contribution in [0, 0.1) is 0 Å². The molecule has 41 heavy (non-hydrogen) atoms. The van der Waals surface area contributed by atoms with Gasteiger partial charge in [0.25, 0.3) is 5.56 Å². The molecule has 0 bridgehead atoms. The Morgan fingerprint density at radius 3 is 2.59 bits per heavy atom. The van der Waals surface area contributed by atoms with E-state index in [2.05, 4.69) is 5.10 Å². The molecule has 0 aliphatic heterocycles.